The molecule has 1 aliphatic rings. The molecule has 0 saturated carbocycles. The van der Waals surface area contributed by atoms with Crippen molar-refractivity contribution in [2.45, 2.75) is 12.8 Å². The molecule has 0 saturated heterocycles. The highest BCUT2D eigenvalue weighted by atomic mass is 79.9. The summed E-state index contributed by atoms with van der Waals surface area (Å²) in [5.41, 5.74) is 5.00. The van der Waals surface area contributed by atoms with Gasteiger partial charge in [0, 0.05) is 15.4 Å². The summed E-state index contributed by atoms with van der Waals surface area (Å²) in [6.07, 6.45) is 1.62. The largest absolute Gasteiger partial charge is 0.507 e. The van der Waals surface area contributed by atoms with Gasteiger partial charge in [0.05, 0.1) is 11.2 Å². The summed E-state index contributed by atoms with van der Waals surface area (Å²) in [5, 5.41) is 20.3. The first kappa shape index (κ1) is 13.4. The maximum absolute atomic E-state index is 11.2. The maximum atomic E-state index is 11.2. The number of rotatable bonds is 1. The number of carbonyl (C=O) groups is 1. The number of hydrogen-bond acceptors (Lipinski definition) is 2. The molecule has 5 heteroatoms. The molecule has 110 valence electrons. The van der Waals surface area contributed by atoms with Gasteiger partial charge in [0.2, 0.25) is 0 Å². The molecule has 3 N–H and O–H groups in total. The van der Waals surface area contributed by atoms with E-state index in [-0.39, 0.29) is 11.3 Å². The van der Waals surface area contributed by atoms with Crippen LogP contribution in [0.3, 0.4) is 0 Å². The number of nitrogens with one attached hydrogen (secondary N) is 1. The molecule has 0 aliphatic heterocycles. The third-order valence-electron chi connectivity index (χ3n) is 4.26. The second-order valence-electron chi connectivity index (χ2n) is 5.47. The van der Waals surface area contributed by atoms with E-state index < -0.39 is 5.97 Å². The summed E-state index contributed by atoms with van der Waals surface area (Å²) in [7, 11) is 0. The smallest absolute Gasteiger partial charge is 0.339 e. The molecular weight excluding hydrogens is 346 g/mol. The molecule has 2 aromatic carbocycles. The lowest BCUT2D eigenvalue weighted by Crippen LogP contribution is -2.06. The number of hydrogen-bond donors (Lipinski definition) is 3. The van der Waals surface area contributed by atoms with Gasteiger partial charge in [0.1, 0.15) is 11.3 Å². The predicted octanol–water partition coefficient (Wildman–Crippen LogP) is 4.10. The minimum Gasteiger partial charge on any atom is -0.507 e. The van der Waals surface area contributed by atoms with Gasteiger partial charge >= 0.3 is 5.97 Å². The number of halogens is 1. The van der Waals surface area contributed by atoms with Gasteiger partial charge in [-0.3, -0.25) is 0 Å². The summed E-state index contributed by atoms with van der Waals surface area (Å²) in [4.78, 5) is 14.6. The van der Waals surface area contributed by atoms with Crippen LogP contribution in [-0.2, 0) is 12.8 Å². The summed E-state index contributed by atoms with van der Waals surface area (Å²) in [6.45, 7) is 0. The Labute approximate surface area is 134 Å². The second kappa shape index (κ2) is 4.61. The van der Waals surface area contributed by atoms with Crippen LogP contribution in [0.15, 0.2) is 34.8 Å². The number of aromatic carboxylic acids is 1. The summed E-state index contributed by atoms with van der Waals surface area (Å²) >= 11 is 3.55. The van der Waals surface area contributed by atoms with Gasteiger partial charge in [-0.1, -0.05) is 12.1 Å². The van der Waals surface area contributed by atoms with Crippen LogP contribution in [0.4, 0.5) is 0 Å². The van der Waals surface area contributed by atoms with E-state index in [2.05, 4.69) is 27.0 Å². The molecule has 0 atom stereocenters. The van der Waals surface area contributed by atoms with E-state index in [1.165, 1.54) is 5.56 Å². The Hall–Kier alpha value is -2.27. The number of aromatic hydroxyl groups is 1. The number of para-hydroxylation sites is 1. The molecule has 3 aromatic rings. The second-order valence-corrected chi connectivity index (χ2v) is 6.33. The predicted molar refractivity (Wildman–Crippen MR) is 87.5 cm³/mol. The lowest BCUT2D eigenvalue weighted by atomic mass is 9.87. The number of carboxylic acids is 1. The van der Waals surface area contributed by atoms with Crippen molar-refractivity contribution in [3.8, 4) is 17.0 Å². The highest BCUT2D eigenvalue weighted by molar-refractivity contribution is 9.10. The molecule has 0 unspecified atom stereocenters. The lowest BCUT2D eigenvalue weighted by Gasteiger charge is -2.18. The van der Waals surface area contributed by atoms with Crippen molar-refractivity contribution in [2.75, 3.05) is 0 Å². The molecule has 0 spiro atoms. The number of benzene rings is 2. The highest BCUT2D eigenvalue weighted by Gasteiger charge is 2.24. The van der Waals surface area contributed by atoms with Crippen LogP contribution in [0.2, 0.25) is 0 Å². The van der Waals surface area contributed by atoms with Gasteiger partial charge in [-0.05, 0) is 58.1 Å². The van der Waals surface area contributed by atoms with Gasteiger partial charge in [-0.25, -0.2) is 4.79 Å². The van der Waals surface area contributed by atoms with Crippen LogP contribution in [0.5, 0.6) is 5.75 Å². The first-order chi connectivity index (χ1) is 10.6. The fraction of sp³-hybridized carbons (Fsp3) is 0.118. The molecular formula is C17H12BrNO3. The number of H-pyrrole nitrogens is 1. The van der Waals surface area contributed by atoms with Crippen LogP contribution < -0.4 is 0 Å². The number of fused-ring (bicyclic) bond motifs is 5. The Morgan fingerprint density at radius 1 is 1.23 bits per heavy atom. The van der Waals surface area contributed by atoms with Crippen molar-refractivity contribution in [1.82, 2.24) is 4.98 Å². The van der Waals surface area contributed by atoms with E-state index in [1.54, 1.807) is 12.1 Å². The molecule has 1 heterocycles. The van der Waals surface area contributed by atoms with E-state index in [9.17, 15) is 9.90 Å². The quantitative estimate of drug-likeness (QED) is 0.613. The number of carboxylic acid groups (broad SMARTS) is 1. The standard InChI is InChI=1S/C17H12BrNO3/c18-13-3-1-2-9-10-5-4-8-6-12(17(21)22)14(20)7-11(8)15(10)19-16(9)13/h1-3,6-7,19-20H,4-5H2,(H,21,22). The first-order valence-electron chi connectivity index (χ1n) is 6.95. The summed E-state index contributed by atoms with van der Waals surface area (Å²) < 4.78 is 0.993. The number of aromatic amines is 1. The summed E-state index contributed by atoms with van der Waals surface area (Å²) in [6, 6.07) is 9.19. The SMILES string of the molecule is O=C(O)c1cc2c(cc1O)-c1[nH]c3c(Br)cccc3c1CC2. The topological polar surface area (TPSA) is 73.3 Å². The molecule has 0 radical (unpaired) electrons. The monoisotopic (exact) mass is 357 g/mol. The molecule has 0 bridgehead atoms. The van der Waals surface area contributed by atoms with Crippen molar-refractivity contribution >= 4 is 32.8 Å². The third-order valence-corrected chi connectivity index (χ3v) is 4.92. The summed E-state index contributed by atoms with van der Waals surface area (Å²) in [5.74, 6) is -1.30. The van der Waals surface area contributed by atoms with Gasteiger partial charge < -0.3 is 15.2 Å². The number of aryl methyl sites for hydroxylation is 2. The fourth-order valence-electron chi connectivity index (χ4n) is 3.23. The highest BCUT2D eigenvalue weighted by Crippen LogP contribution is 2.41. The first-order valence-corrected chi connectivity index (χ1v) is 7.74. The molecule has 4 rings (SSSR count). The van der Waals surface area contributed by atoms with E-state index >= 15 is 0 Å². The number of aromatic nitrogens is 1. The fourth-order valence-corrected chi connectivity index (χ4v) is 3.70. The van der Waals surface area contributed by atoms with E-state index in [4.69, 9.17) is 5.11 Å². The zero-order valence-corrected chi connectivity index (χ0v) is 13.1. The number of phenols is 1. The molecule has 0 amide bonds. The molecule has 0 fully saturated rings. The van der Waals surface area contributed by atoms with Crippen molar-refractivity contribution < 1.29 is 15.0 Å². The van der Waals surface area contributed by atoms with E-state index in [0.29, 0.717) is 0 Å². The average molecular weight is 358 g/mol. The van der Waals surface area contributed by atoms with Crippen LogP contribution in [0, 0.1) is 0 Å². The molecule has 22 heavy (non-hydrogen) atoms. The zero-order chi connectivity index (χ0) is 15.4. The minimum atomic E-state index is -1.11. The van der Waals surface area contributed by atoms with Crippen molar-refractivity contribution in [1.29, 1.82) is 0 Å². The van der Waals surface area contributed by atoms with Crippen LogP contribution in [-0.4, -0.2) is 21.2 Å². The third kappa shape index (κ3) is 1.78. The van der Waals surface area contributed by atoms with Gasteiger partial charge in [0.15, 0.2) is 0 Å². The van der Waals surface area contributed by atoms with Crippen molar-refractivity contribution in [3.05, 3.63) is 51.5 Å². The van der Waals surface area contributed by atoms with Crippen LogP contribution >= 0.6 is 15.9 Å². The lowest BCUT2D eigenvalue weighted by molar-refractivity contribution is 0.0693. The average Bonchev–Trinajstić information content (AvgIpc) is 2.87. The van der Waals surface area contributed by atoms with E-state index in [1.807, 2.05) is 12.1 Å². The van der Waals surface area contributed by atoms with Gasteiger partial charge in [-0.15, -0.1) is 0 Å². The van der Waals surface area contributed by atoms with Crippen molar-refractivity contribution in [2.24, 2.45) is 0 Å². The Morgan fingerprint density at radius 3 is 2.82 bits per heavy atom. The van der Waals surface area contributed by atoms with E-state index in [0.717, 1.165) is 45.0 Å². The van der Waals surface area contributed by atoms with Crippen molar-refractivity contribution in [3.63, 3.8) is 0 Å². The Balaban J connectivity index is 2.02. The zero-order valence-electron chi connectivity index (χ0n) is 11.5. The van der Waals surface area contributed by atoms with Gasteiger partial charge in [0.25, 0.3) is 0 Å². The molecule has 1 aromatic heterocycles. The van der Waals surface area contributed by atoms with Gasteiger partial charge in [-0.2, -0.15) is 0 Å². The Kier molecular flexibility index (Phi) is 2.81. The van der Waals surface area contributed by atoms with Crippen LogP contribution in [0.1, 0.15) is 21.5 Å². The normalized spacial score (nSPS) is 13.0. The molecule has 4 nitrogen and oxygen atoms in total. The molecule has 1 aliphatic carbocycles. The Morgan fingerprint density at radius 2 is 2.05 bits per heavy atom. The maximum Gasteiger partial charge on any atom is 0.339 e. The minimum absolute atomic E-state index is 0.0421. The van der Waals surface area contributed by atoms with Crippen LogP contribution in [0.25, 0.3) is 22.2 Å². The Bertz CT molecular complexity index is 943.